The van der Waals surface area contributed by atoms with E-state index in [2.05, 4.69) is 0 Å². The minimum atomic E-state index is -4.64. The molecule has 1 aromatic heterocycles. The van der Waals surface area contributed by atoms with Gasteiger partial charge in [0, 0.05) is 28.2 Å². The zero-order valence-corrected chi connectivity index (χ0v) is 17.9. The molecule has 0 unspecified atom stereocenters. The first-order valence-electron chi connectivity index (χ1n) is 9.35. The molecule has 0 aliphatic carbocycles. The van der Waals surface area contributed by atoms with Gasteiger partial charge in [-0.2, -0.15) is 13.2 Å². The van der Waals surface area contributed by atoms with Gasteiger partial charge in [-0.3, -0.25) is 9.36 Å². The van der Waals surface area contributed by atoms with E-state index in [4.69, 9.17) is 16.3 Å². The smallest absolute Gasteiger partial charge is 0.420 e. The number of alkyl halides is 3. The van der Waals surface area contributed by atoms with Crippen molar-refractivity contribution in [2.24, 2.45) is 0 Å². The molecule has 0 aliphatic heterocycles. The van der Waals surface area contributed by atoms with Gasteiger partial charge in [0.05, 0.1) is 12.6 Å². The summed E-state index contributed by atoms with van der Waals surface area (Å²) >= 11 is 5.92. The van der Waals surface area contributed by atoms with E-state index in [9.17, 15) is 18.0 Å². The fourth-order valence-electron chi connectivity index (χ4n) is 3.74. The van der Waals surface area contributed by atoms with E-state index in [0.717, 1.165) is 0 Å². The molecule has 0 spiro atoms. The molecule has 30 heavy (non-hydrogen) atoms. The molecule has 160 valence electrons. The number of carbonyl (C=O) groups is 1. The first-order valence-corrected chi connectivity index (χ1v) is 9.73. The van der Waals surface area contributed by atoms with Crippen molar-refractivity contribution in [2.75, 3.05) is 21.2 Å². The maximum absolute atomic E-state index is 14.1. The number of carbonyl (C=O) groups excluding carboxylic acids is 1. The van der Waals surface area contributed by atoms with Crippen LogP contribution < -0.4 is 4.74 Å². The molecule has 8 heteroatoms. The van der Waals surface area contributed by atoms with Crippen molar-refractivity contribution >= 4 is 28.4 Å². The van der Waals surface area contributed by atoms with E-state index in [0.29, 0.717) is 34.8 Å². The van der Waals surface area contributed by atoms with E-state index in [1.54, 1.807) is 45.3 Å². The van der Waals surface area contributed by atoms with E-state index < -0.39 is 17.6 Å². The lowest BCUT2D eigenvalue weighted by atomic mass is 10.0. The van der Waals surface area contributed by atoms with E-state index >= 15 is 0 Å². The highest BCUT2D eigenvalue weighted by molar-refractivity contribution is 6.30. The summed E-state index contributed by atoms with van der Waals surface area (Å²) in [4.78, 5) is 15.2. The third-order valence-electron chi connectivity index (χ3n) is 4.92. The second kappa shape index (κ2) is 8.32. The molecule has 0 atom stereocenters. The minimum absolute atomic E-state index is 0.00325. The van der Waals surface area contributed by atoms with Crippen LogP contribution in [0, 0.1) is 0 Å². The standard InChI is InChI=1S/C22H22ClF3N2O2/c1-5-15-17(12-27(2)3)28(21(29)13-6-8-14(23)9-7-13)16-10-11-18(30-4)20(19(15)16)22(24,25)26/h6-11H,5,12H2,1-4H3. The molecule has 0 fully saturated rings. The highest BCUT2D eigenvalue weighted by Crippen LogP contribution is 2.44. The lowest BCUT2D eigenvalue weighted by molar-refractivity contribution is -0.137. The van der Waals surface area contributed by atoms with Gasteiger partial charge >= 0.3 is 6.18 Å². The lowest BCUT2D eigenvalue weighted by Gasteiger charge is -2.15. The van der Waals surface area contributed by atoms with Crippen LogP contribution in [0.25, 0.3) is 10.9 Å². The third-order valence-corrected chi connectivity index (χ3v) is 5.18. The van der Waals surface area contributed by atoms with Crippen LogP contribution in [0.3, 0.4) is 0 Å². The SMILES string of the molecule is CCc1c(CN(C)C)n(C(=O)c2ccc(Cl)cc2)c2ccc(OC)c(C(F)(F)F)c12. The fraction of sp³-hybridized carbons (Fsp3) is 0.318. The molecule has 0 amide bonds. The van der Waals surface area contributed by atoms with Gasteiger partial charge < -0.3 is 9.64 Å². The monoisotopic (exact) mass is 438 g/mol. The highest BCUT2D eigenvalue weighted by Gasteiger charge is 2.39. The first-order chi connectivity index (χ1) is 14.1. The Morgan fingerprint density at radius 3 is 2.27 bits per heavy atom. The fourth-order valence-corrected chi connectivity index (χ4v) is 3.87. The summed E-state index contributed by atoms with van der Waals surface area (Å²) in [5.74, 6) is -0.677. The number of hydrogen-bond acceptors (Lipinski definition) is 3. The maximum atomic E-state index is 14.1. The quantitative estimate of drug-likeness (QED) is 0.517. The minimum Gasteiger partial charge on any atom is -0.496 e. The van der Waals surface area contributed by atoms with E-state index in [-0.39, 0.29) is 16.7 Å². The van der Waals surface area contributed by atoms with Crippen LogP contribution in [0.5, 0.6) is 5.75 Å². The van der Waals surface area contributed by atoms with Crippen LogP contribution in [0.4, 0.5) is 13.2 Å². The molecule has 0 N–H and O–H groups in total. The Balaban J connectivity index is 2.43. The first kappa shape index (κ1) is 22.2. The Labute approximate surface area is 177 Å². The predicted octanol–water partition coefficient (Wildman–Crippen LogP) is 5.63. The zero-order chi connectivity index (χ0) is 22.2. The Hall–Kier alpha value is -2.51. The molecule has 3 aromatic rings. The van der Waals surface area contributed by atoms with Crippen LogP contribution in [-0.2, 0) is 19.1 Å². The van der Waals surface area contributed by atoms with E-state index in [1.807, 2.05) is 4.90 Å². The van der Waals surface area contributed by atoms with Crippen molar-refractivity contribution in [2.45, 2.75) is 26.1 Å². The molecule has 1 heterocycles. The normalized spacial score (nSPS) is 12.0. The predicted molar refractivity (Wildman–Crippen MR) is 111 cm³/mol. The summed E-state index contributed by atoms with van der Waals surface area (Å²) < 4.78 is 48.6. The Bertz CT molecular complexity index is 1090. The van der Waals surface area contributed by atoms with Crippen LogP contribution in [0.2, 0.25) is 5.02 Å². The second-order valence-electron chi connectivity index (χ2n) is 7.20. The number of fused-ring (bicyclic) bond motifs is 1. The summed E-state index contributed by atoms with van der Waals surface area (Å²) in [7, 11) is 4.82. The number of aryl methyl sites for hydroxylation is 1. The Morgan fingerprint density at radius 2 is 1.77 bits per heavy atom. The van der Waals surface area contributed by atoms with Crippen molar-refractivity contribution in [3.63, 3.8) is 0 Å². The van der Waals surface area contributed by atoms with Crippen LogP contribution in [0.1, 0.15) is 34.1 Å². The molecule has 0 aliphatic rings. The molecule has 0 saturated heterocycles. The van der Waals surface area contributed by atoms with Crippen LogP contribution >= 0.6 is 11.6 Å². The number of benzene rings is 2. The number of rotatable bonds is 5. The van der Waals surface area contributed by atoms with Crippen LogP contribution in [0.15, 0.2) is 36.4 Å². The molecule has 2 aromatic carbocycles. The number of halogens is 4. The average Bonchev–Trinajstić information content (AvgIpc) is 2.98. The molecule has 4 nitrogen and oxygen atoms in total. The van der Waals surface area contributed by atoms with Gasteiger partial charge in [-0.05, 0) is 62.5 Å². The van der Waals surface area contributed by atoms with Crippen molar-refractivity contribution in [3.8, 4) is 5.75 Å². The van der Waals surface area contributed by atoms with Gasteiger partial charge in [-0.25, -0.2) is 0 Å². The highest BCUT2D eigenvalue weighted by atomic mass is 35.5. The Morgan fingerprint density at radius 1 is 1.13 bits per heavy atom. The Kier molecular flexibility index (Phi) is 6.15. The molecular weight excluding hydrogens is 417 g/mol. The number of aromatic nitrogens is 1. The zero-order valence-electron chi connectivity index (χ0n) is 17.1. The second-order valence-corrected chi connectivity index (χ2v) is 7.64. The lowest BCUT2D eigenvalue weighted by Crippen LogP contribution is -2.20. The van der Waals surface area contributed by atoms with Crippen molar-refractivity contribution in [3.05, 3.63) is 63.8 Å². The van der Waals surface area contributed by atoms with Crippen LogP contribution in [-0.4, -0.2) is 36.6 Å². The third kappa shape index (κ3) is 3.91. The number of methoxy groups -OCH3 is 1. The van der Waals surface area contributed by atoms with Crippen molar-refractivity contribution < 1.29 is 22.7 Å². The van der Waals surface area contributed by atoms with Gasteiger partial charge in [0.2, 0.25) is 0 Å². The summed E-state index contributed by atoms with van der Waals surface area (Å²) in [5.41, 5.74) is 0.686. The van der Waals surface area contributed by atoms with Crippen molar-refractivity contribution in [1.82, 2.24) is 9.47 Å². The summed E-state index contributed by atoms with van der Waals surface area (Å²) in [6.07, 6.45) is -4.31. The van der Waals surface area contributed by atoms with Crippen molar-refractivity contribution in [1.29, 1.82) is 0 Å². The molecule has 3 rings (SSSR count). The summed E-state index contributed by atoms with van der Waals surface area (Å²) in [5, 5.41) is 0.472. The molecule has 0 radical (unpaired) electrons. The van der Waals surface area contributed by atoms with Gasteiger partial charge in [0.15, 0.2) is 0 Å². The number of nitrogens with zero attached hydrogens (tertiary/aromatic N) is 2. The molecular formula is C22H22ClF3N2O2. The maximum Gasteiger partial charge on any atom is 0.420 e. The van der Waals surface area contributed by atoms with Gasteiger partial charge in [0.25, 0.3) is 5.91 Å². The van der Waals surface area contributed by atoms with Gasteiger partial charge in [-0.15, -0.1) is 0 Å². The largest absolute Gasteiger partial charge is 0.496 e. The molecule has 0 saturated carbocycles. The topological polar surface area (TPSA) is 34.5 Å². The van der Waals surface area contributed by atoms with Gasteiger partial charge in [0.1, 0.15) is 11.3 Å². The summed E-state index contributed by atoms with van der Waals surface area (Å²) in [6.45, 7) is 2.08. The summed E-state index contributed by atoms with van der Waals surface area (Å²) in [6, 6.07) is 9.06. The number of hydrogen-bond donors (Lipinski definition) is 0. The number of ether oxygens (including phenoxy) is 1. The van der Waals surface area contributed by atoms with E-state index in [1.165, 1.54) is 23.8 Å². The van der Waals surface area contributed by atoms with Gasteiger partial charge in [-0.1, -0.05) is 18.5 Å². The molecule has 0 bridgehead atoms. The average molecular weight is 439 g/mol.